The summed E-state index contributed by atoms with van der Waals surface area (Å²) in [5, 5.41) is 17.3. The zero-order valence-electron chi connectivity index (χ0n) is 10.1. The molecule has 0 saturated heterocycles. The van der Waals surface area contributed by atoms with Crippen LogP contribution in [0.1, 0.15) is 30.5 Å². The third-order valence-corrected chi connectivity index (χ3v) is 3.68. The average Bonchev–Trinajstić information content (AvgIpc) is 2.80. The summed E-state index contributed by atoms with van der Waals surface area (Å²) in [4.78, 5) is 0. The second-order valence-corrected chi connectivity index (χ2v) is 4.77. The molecule has 1 aromatic heterocycles. The first-order valence-corrected chi connectivity index (χ1v) is 6.04. The maximum Gasteiger partial charge on any atom is 0.0580 e. The molecule has 1 aliphatic rings. The van der Waals surface area contributed by atoms with Gasteiger partial charge in [-0.1, -0.05) is 6.42 Å². The van der Waals surface area contributed by atoms with Crippen LogP contribution in [0.25, 0.3) is 0 Å². The predicted octanol–water partition coefficient (Wildman–Crippen LogP) is 0.979. The van der Waals surface area contributed by atoms with Gasteiger partial charge in [0.15, 0.2) is 0 Å². The van der Waals surface area contributed by atoms with Crippen molar-refractivity contribution in [2.45, 2.75) is 38.8 Å². The lowest BCUT2D eigenvalue weighted by Gasteiger charge is -2.14. The molecule has 2 unspecified atom stereocenters. The van der Waals surface area contributed by atoms with Crippen molar-refractivity contribution in [3.63, 3.8) is 0 Å². The Morgan fingerprint density at radius 2 is 2.38 bits per heavy atom. The molecule has 1 aliphatic carbocycles. The highest BCUT2D eigenvalue weighted by Crippen LogP contribution is 2.24. The van der Waals surface area contributed by atoms with E-state index in [0.29, 0.717) is 5.92 Å². The summed E-state index contributed by atoms with van der Waals surface area (Å²) in [6.45, 7) is 3.84. The fourth-order valence-corrected chi connectivity index (χ4v) is 2.37. The molecule has 1 heterocycles. The van der Waals surface area contributed by atoms with Crippen molar-refractivity contribution in [1.82, 2.24) is 15.1 Å². The van der Waals surface area contributed by atoms with Crippen LogP contribution in [0.4, 0.5) is 0 Å². The topological polar surface area (TPSA) is 50.1 Å². The number of aryl methyl sites for hydroxylation is 1. The summed E-state index contributed by atoms with van der Waals surface area (Å²) in [7, 11) is 1.96. The van der Waals surface area contributed by atoms with Crippen LogP contribution in [-0.4, -0.2) is 27.5 Å². The van der Waals surface area contributed by atoms with Crippen molar-refractivity contribution in [3.05, 3.63) is 17.5 Å². The van der Waals surface area contributed by atoms with Crippen LogP contribution in [0.5, 0.6) is 0 Å². The Morgan fingerprint density at radius 1 is 1.56 bits per heavy atom. The van der Waals surface area contributed by atoms with Gasteiger partial charge in [0.2, 0.25) is 0 Å². The Morgan fingerprint density at radius 3 is 2.94 bits per heavy atom. The molecule has 4 heteroatoms. The Bertz CT molecular complexity index is 348. The van der Waals surface area contributed by atoms with E-state index in [4.69, 9.17) is 0 Å². The number of aliphatic hydroxyl groups excluding tert-OH is 1. The van der Waals surface area contributed by atoms with E-state index in [2.05, 4.69) is 17.3 Å². The lowest BCUT2D eigenvalue weighted by atomic mass is 10.1. The minimum absolute atomic E-state index is 0.0949. The monoisotopic (exact) mass is 223 g/mol. The van der Waals surface area contributed by atoms with Crippen molar-refractivity contribution in [3.8, 4) is 0 Å². The normalized spacial score (nSPS) is 25.2. The van der Waals surface area contributed by atoms with E-state index in [1.165, 1.54) is 17.7 Å². The molecule has 4 nitrogen and oxygen atoms in total. The molecule has 1 fully saturated rings. The van der Waals surface area contributed by atoms with Crippen LogP contribution in [0.2, 0.25) is 0 Å². The van der Waals surface area contributed by atoms with Gasteiger partial charge in [-0.2, -0.15) is 5.10 Å². The van der Waals surface area contributed by atoms with Gasteiger partial charge < -0.3 is 10.4 Å². The molecule has 0 radical (unpaired) electrons. The zero-order valence-corrected chi connectivity index (χ0v) is 10.1. The SMILES string of the molecule is Cc1c(CNCC2CCCC2O)cnn1C. The number of hydrogen-bond acceptors (Lipinski definition) is 3. The van der Waals surface area contributed by atoms with Crippen molar-refractivity contribution < 1.29 is 5.11 Å². The number of aromatic nitrogens is 2. The lowest BCUT2D eigenvalue weighted by Crippen LogP contribution is -2.27. The number of nitrogens with zero attached hydrogens (tertiary/aromatic N) is 2. The fourth-order valence-electron chi connectivity index (χ4n) is 2.37. The number of hydrogen-bond donors (Lipinski definition) is 2. The third-order valence-electron chi connectivity index (χ3n) is 3.68. The molecule has 2 atom stereocenters. The summed E-state index contributed by atoms with van der Waals surface area (Å²) >= 11 is 0. The van der Waals surface area contributed by atoms with E-state index < -0.39 is 0 Å². The van der Waals surface area contributed by atoms with Gasteiger partial charge in [-0.15, -0.1) is 0 Å². The van der Waals surface area contributed by atoms with Gasteiger partial charge in [0.1, 0.15) is 0 Å². The fraction of sp³-hybridized carbons (Fsp3) is 0.750. The molecule has 2 N–H and O–H groups in total. The Labute approximate surface area is 96.7 Å². The van der Waals surface area contributed by atoms with Crippen molar-refractivity contribution in [2.24, 2.45) is 13.0 Å². The molecule has 0 aromatic carbocycles. The molecule has 16 heavy (non-hydrogen) atoms. The molecule has 0 spiro atoms. The predicted molar refractivity (Wildman–Crippen MR) is 63.0 cm³/mol. The van der Waals surface area contributed by atoms with E-state index in [1.807, 2.05) is 17.9 Å². The first-order valence-electron chi connectivity index (χ1n) is 6.04. The molecule has 1 saturated carbocycles. The Hall–Kier alpha value is -0.870. The van der Waals surface area contributed by atoms with Crippen LogP contribution in [-0.2, 0) is 13.6 Å². The van der Waals surface area contributed by atoms with Crippen molar-refractivity contribution in [2.75, 3.05) is 6.54 Å². The van der Waals surface area contributed by atoms with Crippen LogP contribution < -0.4 is 5.32 Å². The average molecular weight is 223 g/mol. The summed E-state index contributed by atoms with van der Waals surface area (Å²) in [5.41, 5.74) is 2.45. The molecule has 0 aliphatic heterocycles. The summed E-state index contributed by atoms with van der Waals surface area (Å²) in [6.07, 6.45) is 5.10. The number of rotatable bonds is 4. The van der Waals surface area contributed by atoms with Gasteiger partial charge in [0.05, 0.1) is 12.3 Å². The zero-order chi connectivity index (χ0) is 11.5. The smallest absolute Gasteiger partial charge is 0.0580 e. The highest BCUT2D eigenvalue weighted by atomic mass is 16.3. The van der Waals surface area contributed by atoms with Crippen LogP contribution in [0.3, 0.4) is 0 Å². The molecule has 0 bridgehead atoms. The second kappa shape index (κ2) is 4.97. The highest BCUT2D eigenvalue weighted by Gasteiger charge is 2.24. The molecular weight excluding hydrogens is 202 g/mol. The third kappa shape index (κ3) is 2.44. The Kier molecular flexibility index (Phi) is 3.61. The van der Waals surface area contributed by atoms with E-state index in [-0.39, 0.29) is 6.10 Å². The van der Waals surface area contributed by atoms with Crippen LogP contribution in [0, 0.1) is 12.8 Å². The van der Waals surface area contributed by atoms with E-state index >= 15 is 0 Å². The van der Waals surface area contributed by atoms with Gasteiger partial charge in [-0.05, 0) is 25.7 Å². The van der Waals surface area contributed by atoms with Crippen molar-refractivity contribution in [1.29, 1.82) is 0 Å². The van der Waals surface area contributed by atoms with E-state index in [9.17, 15) is 5.11 Å². The lowest BCUT2D eigenvalue weighted by molar-refractivity contribution is 0.131. The van der Waals surface area contributed by atoms with Gasteiger partial charge in [0, 0.05) is 31.4 Å². The summed E-state index contributed by atoms with van der Waals surface area (Å²) in [6, 6.07) is 0. The van der Waals surface area contributed by atoms with E-state index in [0.717, 1.165) is 25.9 Å². The molecular formula is C12H21N3O. The number of aliphatic hydroxyl groups is 1. The molecule has 0 amide bonds. The van der Waals surface area contributed by atoms with Crippen LogP contribution >= 0.6 is 0 Å². The summed E-state index contributed by atoms with van der Waals surface area (Å²) in [5.74, 6) is 0.442. The maximum atomic E-state index is 9.69. The van der Waals surface area contributed by atoms with Crippen molar-refractivity contribution >= 4 is 0 Å². The molecule has 90 valence electrons. The highest BCUT2D eigenvalue weighted by molar-refractivity contribution is 5.15. The molecule has 1 aromatic rings. The van der Waals surface area contributed by atoms with Gasteiger partial charge >= 0.3 is 0 Å². The minimum atomic E-state index is -0.0949. The first-order chi connectivity index (χ1) is 7.68. The summed E-state index contributed by atoms with van der Waals surface area (Å²) < 4.78 is 1.89. The van der Waals surface area contributed by atoms with Gasteiger partial charge in [-0.3, -0.25) is 4.68 Å². The minimum Gasteiger partial charge on any atom is -0.393 e. The van der Waals surface area contributed by atoms with Gasteiger partial charge in [0.25, 0.3) is 0 Å². The Balaban J connectivity index is 1.77. The van der Waals surface area contributed by atoms with Gasteiger partial charge in [-0.25, -0.2) is 0 Å². The largest absolute Gasteiger partial charge is 0.393 e. The second-order valence-electron chi connectivity index (χ2n) is 4.77. The first kappa shape index (κ1) is 11.6. The number of nitrogens with one attached hydrogen (secondary N) is 1. The van der Waals surface area contributed by atoms with E-state index in [1.54, 1.807) is 0 Å². The maximum absolute atomic E-state index is 9.69. The van der Waals surface area contributed by atoms with Crippen LogP contribution in [0.15, 0.2) is 6.20 Å². The molecule has 2 rings (SSSR count). The standard InChI is InChI=1S/C12H21N3O/c1-9-11(8-14-15(9)2)7-13-6-10-4-3-5-12(10)16/h8,10,12-13,16H,3-7H2,1-2H3. The quantitative estimate of drug-likeness (QED) is 0.800.